The Morgan fingerprint density at radius 2 is 1.95 bits per heavy atom. The van der Waals surface area contributed by atoms with Gasteiger partial charge in [-0.1, -0.05) is 12.1 Å². The lowest BCUT2D eigenvalue weighted by Gasteiger charge is -2.36. The standard InChI is InChI=1S/C14H19N3O2S/c1-12-11-17(10-9-16(12)2)20(18,19)14-5-3-13(4-6-14)7-8-15/h3-6,12H,7,9-11H2,1-2H3. The van der Waals surface area contributed by atoms with E-state index < -0.39 is 10.0 Å². The van der Waals surface area contributed by atoms with Crippen molar-refractivity contribution in [3.05, 3.63) is 29.8 Å². The van der Waals surface area contributed by atoms with Crippen molar-refractivity contribution in [1.82, 2.24) is 9.21 Å². The van der Waals surface area contributed by atoms with Crippen LogP contribution < -0.4 is 0 Å². The number of likely N-dealkylation sites (N-methyl/N-ethyl adjacent to an activating group) is 1. The summed E-state index contributed by atoms with van der Waals surface area (Å²) in [5.41, 5.74) is 0.832. The highest BCUT2D eigenvalue weighted by molar-refractivity contribution is 7.89. The molecule has 0 saturated carbocycles. The predicted octanol–water partition coefficient (Wildman–Crippen LogP) is 1.08. The summed E-state index contributed by atoms with van der Waals surface area (Å²) in [5.74, 6) is 0. The Morgan fingerprint density at radius 3 is 2.50 bits per heavy atom. The molecule has 0 radical (unpaired) electrons. The van der Waals surface area contributed by atoms with Crippen molar-refractivity contribution in [3.8, 4) is 6.07 Å². The number of rotatable bonds is 3. The molecule has 108 valence electrons. The minimum absolute atomic E-state index is 0.219. The number of hydrogen-bond acceptors (Lipinski definition) is 4. The molecule has 1 aromatic carbocycles. The molecule has 5 nitrogen and oxygen atoms in total. The van der Waals surface area contributed by atoms with Crippen LogP contribution in [0.4, 0.5) is 0 Å². The Morgan fingerprint density at radius 1 is 1.30 bits per heavy atom. The highest BCUT2D eigenvalue weighted by Gasteiger charge is 2.30. The van der Waals surface area contributed by atoms with Crippen molar-refractivity contribution in [2.24, 2.45) is 0 Å². The first kappa shape index (κ1) is 15.0. The summed E-state index contributed by atoms with van der Waals surface area (Å²) in [6, 6.07) is 8.85. The van der Waals surface area contributed by atoms with Crippen molar-refractivity contribution in [3.63, 3.8) is 0 Å². The molecule has 0 N–H and O–H groups in total. The maximum Gasteiger partial charge on any atom is 0.243 e. The lowest BCUT2D eigenvalue weighted by atomic mass is 10.2. The molecule has 6 heteroatoms. The molecule has 1 atom stereocenters. The summed E-state index contributed by atoms with van der Waals surface area (Å²) >= 11 is 0. The number of sulfonamides is 1. The molecule has 0 bridgehead atoms. The third-order valence-corrected chi connectivity index (χ3v) is 5.65. The summed E-state index contributed by atoms with van der Waals surface area (Å²) in [6.45, 7) is 3.80. The van der Waals surface area contributed by atoms with Crippen LogP contribution in [0.15, 0.2) is 29.2 Å². The van der Waals surface area contributed by atoms with E-state index in [9.17, 15) is 8.42 Å². The maximum absolute atomic E-state index is 12.6. The molecule has 0 amide bonds. The van der Waals surface area contributed by atoms with Gasteiger partial charge in [0.25, 0.3) is 0 Å². The van der Waals surface area contributed by atoms with Crippen molar-refractivity contribution in [1.29, 1.82) is 5.26 Å². The highest BCUT2D eigenvalue weighted by Crippen LogP contribution is 2.20. The van der Waals surface area contributed by atoms with Gasteiger partial charge in [0.2, 0.25) is 10.0 Å². The minimum Gasteiger partial charge on any atom is -0.301 e. The van der Waals surface area contributed by atoms with Gasteiger partial charge in [0, 0.05) is 25.7 Å². The zero-order valence-corrected chi connectivity index (χ0v) is 12.6. The Hall–Kier alpha value is -1.42. The molecule has 1 saturated heterocycles. The number of piperazine rings is 1. The van der Waals surface area contributed by atoms with E-state index in [1.165, 1.54) is 4.31 Å². The summed E-state index contributed by atoms with van der Waals surface area (Å²) in [5, 5.41) is 8.63. The van der Waals surface area contributed by atoms with Crippen LogP contribution in [0.5, 0.6) is 0 Å². The maximum atomic E-state index is 12.6. The first-order valence-electron chi connectivity index (χ1n) is 6.61. The second-order valence-electron chi connectivity index (χ2n) is 5.17. The Balaban J connectivity index is 2.20. The van der Waals surface area contributed by atoms with Crippen molar-refractivity contribution in [2.45, 2.75) is 24.3 Å². The van der Waals surface area contributed by atoms with Gasteiger partial charge in [-0.25, -0.2) is 8.42 Å². The molecule has 0 aliphatic carbocycles. The summed E-state index contributed by atoms with van der Waals surface area (Å²) in [6.07, 6.45) is 0.297. The number of nitriles is 1. The summed E-state index contributed by atoms with van der Waals surface area (Å²) < 4.78 is 26.6. The summed E-state index contributed by atoms with van der Waals surface area (Å²) in [7, 11) is -1.42. The van der Waals surface area contributed by atoms with Gasteiger partial charge in [-0.2, -0.15) is 9.57 Å². The van der Waals surface area contributed by atoms with E-state index in [1.807, 2.05) is 14.0 Å². The van der Waals surface area contributed by atoms with Crippen molar-refractivity contribution >= 4 is 10.0 Å². The van der Waals surface area contributed by atoms with E-state index in [0.717, 1.165) is 12.1 Å². The van der Waals surface area contributed by atoms with Crippen molar-refractivity contribution < 1.29 is 8.42 Å². The average molecular weight is 293 g/mol. The van der Waals surface area contributed by atoms with Gasteiger partial charge in [-0.05, 0) is 31.7 Å². The van der Waals surface area contributed by atoms with Crippen LogP contribution in [0.3, 0.4) is 0 Å². The van der Waals surface area contributed by atoms with Crippen LogP contribution in [0, 0.1) is 11.3 Å². The molecule has 1 heterocycles. The van der Waals surface area contributed by atoms with Gasteiger partial charge in [0.05, 0.1) is 17.4 Å². The van der Waals surface area contributed by atoms with Gasteiger partial charge in [0.1, 0.15) is 0 Å². The van der Waals surface area contributed by atoms with Crippen LogP contribution in [0.2, 0.25) is 0 Å². The van der Waals surface area contributed by atoms with Crippen LogP contribution in [-0.2, 0) is 16.4 Å². The van der Waals surface area contributed by atoms with Gasteiger partial charge in [0.15, 0.2) is 0 Å². The first-order chi connectivity index (χ1) is 9.45. The number of hydrogen-bond donors (Lipinski definition) is 0. The lowest BCUT2D eigenvalue weighted by Crippen LogP contribution is -2.51. The number of benzene rings is 1. The van der Waals surface area contributed by atoms with Gasteiger partial charge >= 0.3 is 0 Å². The molecule has 0 spiro atoms. The molecule has 20 heavy (non-hydrogen) atoms. The topological polar surface area (TPSA) is 64.4 Å². The van der Waals surface area contributed by atoms with Crippen LogP contribution in [-0.4, -0.2) is 50.3 Å². The third-order valence-electron chi connectivity index (χ3n) is 3.77. The third kappa shape index (κ3) is 3.01. The number of nitrogens with zero attached hydrogens (tertiary/aromatic N) is 3. The van der Waals surface area contributed by atoms with E-state index in [-0.39, 0.29) is 6.04 Å². The molecule has 2 rings (SSSR count). The summed E-state index contributed by atoms with van der Waals surface area (Å²) in [4.78, 5) is 2.46. The van der Waals surface area contributed by atoms with E-state index >= 15 is 0 Å². The fourth-order valence-corrected chi connectivity index (χ4v) is 3.77. The van der Waals surface area contributed by atoms with Crippen molar-refractivity contribution in [2.75, 3.05) is 26.7 Å². The normalized spacial score (nSPS) is 21.6. The SMILES string of the molecule is CC1CN(S(=O)(=O)c2ccc(CC#N)cc2)CCN1C. The molecule has 1 aliphatic rings. The smallest absolute Gasteiger partial charge is 0.243 e. The predicted molar refractivity (Wildman–Crippen MR) is 76.6 cm³/mol. The molecule has 1 aromatic rings. The molecule has 1 fully saturated rings. The fraction of sp³-hybridized carbons (Fsp3) is 0.500. The molecule has 1 unspecified atom stereocenters. The van der Waals surface area contributed by atoms with E-state index in [2.05, 4.69) is 11.0 Å². The first-order valence-corrected chi connectivity index (χ1v) is 8.05. The van der Waals surface area contributed by atoms with Gasteiger partial charge in [-0.3, -0.25) is 0 Å². The average Bonchev–Trinajstić information content (AvgIpc) is 2.43. The van der Waals surface area contributed by atoms with Crippen LogP contribution in [0.1, 0.15) is 12.5 Å². The Kier molecular flexibility index (Phi) is 4.43. The molecule has 0 aromatic heterocycles. The monoisotopic (exact) mass is 293 g/mol. The second-order valence-corrected chi connectivity index (χ2v) is 7.11. The van der Waals surface area contributed by atoms with E-state index in [0.29, 0.717) is 24.4 Å². The zero-order valence-electron chi connectivity index (χ0n) is 11.8. The minimum atomic E-state index is -3.43. The van der Waals surface area contributed by atoms with E-state index in [4.69, 9.17) is 5.26 Å². The fourth-order valence-electron chi connectivity index (χ4n) is 2.25. The highest BCUT2D eigenvalue weighted by atomic mass is 32.2. The quantitative estimate of drug-likeness (QED) is 0.836. The molecule has 1 aliphatic heterocycles. The van der Waals surface area contributed by atoms with Gasteiger partial charge in [-0.15, -0.1) is 0 Å². The largest absolute Gasteiger partial charge is 0.301 e. The lowest BCUT2D eigenvalue weighted by molar-refractivity contribution is 0.159. The van der Waals surface area contributed by atoms with Crippen LogP contribution in [0.25, 0.3) is 0 Å². The Labute approximate surface area is 120 Å². The zero-order chi connectivity index (χ0) is 14.8. The van der Waals surface area contributed by atoms with Gasteiger partial charge < -0.3 is 4.90 Å². The Bertz CT molecular complexity index is 604. The second kappa shape index (κ2) is 5.92. The molecular formula is C14H19N3O2S. The van der Waals surface area contributed by atoms with Crippen LogP contribution >= 0.6 is 0 Å². The van der Waals surface area contributed by atoms with E-state index in [1.54, 1.807) is 24.3 Å². The molecular weight excluding hydrogens is 274 g/mol.